The molecule has 0 aliphatic rings. The van der Waals surface area contributed by atoms with Crippen molar-refractivity contribution in [3.8, 4) is 0 Å². The van der Waals surface area contributed by atoms with Crippen LogP contribution in [0.25, 0.3) is 0 Å². The number of benzene rings is 1. The summed E-state index contributed by atoms with van der Waals surface area (Å²) in [5.74, 6) is 1.85. The van der Waals surface area contributed by atoms with Gasteiger partial charge in [-0.2, -0.15) is 0 Å². The van der Waals surface area contributed by atoms with Gasteiger partial charge in [0.2, 0.25) is 0 Å². The number of aryl methyl sites for hydroxylation is 2. The predicted molar refractivity (Wildman–Crippen MR) is 75.2 cm³/mol. The normalized spacial score (nSPS) is 12.7. The van der Waals surface area contributed by atoms with E-state index in [9.17, 15) is 0 Å². The SMILES string of the molecule is CCNC(c1cc(C)cc(Cl)c1)c1ccc(C)o1. The van der Waals surface area contributed by atoms with Crippen LogP contribution in [-0.4, -0.2) is 6.54 Å². The van der Waals surface area contributed by atoms with E-state index in [1.165, 1.54) is 0 Å². The lowest BCUT2D eigenvalue weighted by molar-refractivity contribution is 0.435. The molecule has 1 aromatic carbocycles. The summed E-state index contributed by atoms with van der Waals surface area (Å²) in [5.41, 5.74) is 2.29. The Morgan fingerprint density at radius 2 is 2.00 bits per heavy atom. The Morgan fingerprint density at radius 1 is 1.22 bits per heavy atom. The molecule has 2 nitrogen and oxygen atoms in total. The van der Waals surface area contributed by atoms with E-state index < -0.39 is 0 Å². The van der Waals surface area contributed by atoms with Crippen LogP contribution in [-0.2, 0) is 0 Å². The first-order valence-corrected chi connectivity index (χ1v) is 6.54. The van der Waals surface area contributed by atoms with Gasteiger partial charge < -0.3 is 9.73 Å². The van der Waals surface area contributed by atoms with Gasteiger partial charge in [-0.05, 0) is 55.8 Å². The number of furan rings is 1. The van der Waals surface area contributed by atoms with E-state index in [2.05, 4.69) is 18.3 Å². The van der Waals surface area contributed by atoms with E-state index in [1.54, 1.807) is 0 Å². The molecule has 96 valence electrons. The molecule has 1 heterocycles. The van der Waals surface area contributed by atoms with Crippen molar-refractivity contribution in [1.82, 2.24) is 5.32 Å². The Labute approximate surface area is 113 Å². The van der Waals surface area contributed by atoms with Crippen LogP contribution < -0.4 is 5.32 Å². The van der Waals surface area contributed by atoms with E-state index >= 15 is 0 Å². The first-order chi connectivity index (χ1) is 8.60. The highest BCUT2D eigenvalue weighted by atomic mass is 35.5. The van der Waals surface area contributed by atoms with Gasteiger partial charge in [-0.1, -0.05) is 24.6 Å². The first kappa shape index (κ1) is 13.2. The Balaban J connectivity index is 2.40. The molecule has 2 rings (SSSR count). The summed E-state index contributed by atoms with van der Waals surface area (Å²) in [6, 6.07) is 10.1. The molecule has 0 amide bonds. The molecule has 3 heteroatoms. The van der Waals surface area contributed by atoms with Crippen molar-refractivity contribution >= 4 is 11.6 Å². The summed E-state index contributed by atoms with van der Waals surface area (Å²) in [6.45, 7) is 6.96. The summed E-state index contributed by atoms with van der Waals surface area (Å²) in [7, 11) is 0. The van der Waals surface area contributed by atoms with Crippen LogP contribution in [0.5, 0.6) is 0 Å². The average Bonchev–Trinajstić information content (AvgIpc) is 2.71. The lowest BCUT2D eigenvalue weighted by Gasteiger charge is -2.17. The smallest absolute Gasteiger partial charge is 0.125 e. The number of hydrogen-bond acceptors (Lipinski definition) is 2. The van der Waals surface area contributed by atoms with Crippen molar-refractivity contribution in [2.24, 2.45) is 0 Å². The summed E-state index contributed by atoms with van der Waals surface area (Å²) < 4.78 is 5.73. The van der Waals surface area contributed by atoms with Gasteiger partial charge >= 0.3 is 0 Å². The molecule has 2 aromatic rings. The van der Waals surface area contributed by atoms with E-state index in [1.807, 2.05) is 38.1 Å². The zero-order valence-electron chi connectivity index (χ0n) is 11.0. The molecular formula is C15H18ClNO. The van der Waals surface area contributed by atoms with E-state index in [4.69, 9.17) is 16.0 Å². The molecule has 0 saturated carbocycles. The fourth-order valence-corrected chi connectivity index (χ4v) is 2.42. The summed E-state index contributed by atoms with van der Waals surface area (Å²) in [6.07, 6.45) is 0. The summed E-state index contributed by atoms with van der Waals surface area (Å²) in [4.78, 5) is 0. The van der Waals surface area contributed by atoms with Crippen molar-refractivity contribution in [1.29, 1.82) is 0 Å². The Morgan fingerprint density at radius 3 is 2.56 bits per heavy atom. The molecule has 0 aliphatic carbocycles. The van der Waals surface area contributed by atoms with E-state index in [0.717, 1.165) is 34.2 Å². The Hall–Kier alpha value is -1.25. The van der Waals surface area contributed by atoms with E-state index in [-0.39, 0.29) is 6.04 Å². The van der Waals surface area contributed by atoms with Gasteiger partial charge in [0.1, 0.15) is 11.5 Å². The van der Waals surface area contributed by atoms with Gasteiger partial charge in [-0.25, -0.2) is 0 Å². The van der Waals surface area contributed by atoms with Crippen LogP contribution in [0.3, 0.4) is 0 Å². The minimum absolute atomic E-state index is 0.0566. The van der Waals surface area contributed by atoms with Crippen molar-refractivity contribution in [2.45, 2.75) is 26.8 Å². The number of nitrogens with one attached hydrogen (secondary N) is 1. The predicted octanol–water partition coefficient (Wildman–Crippen LogP) is 4.25. The lowest BCUT2D eigenvalue weighted by atomic mass is 10.0. The summed E-state index contributed by atoms with van der Waals surface area (Å²) >= 11 is 6.13. The highest BCUT2D eigenvalue weighted by molar-refractivity contribution is 6.30. The Bertz CT molecular complexity index is 513. The Kier molecular flexibility index (Phi) is 4.10. The number of hydrogen-bond donors (Lipinski definition) is 1. The van der Waals surface area contributed by atoms with Gasteiger partial charge in [0, 0.05) is 5.02 Å². The third-order valence-corrected chi connectivity index (χ3v) is 3.07. The van der Waals surface area contributed by atoms with Gasteiger partial charge in [0.25, 0.3) is 0 Å². The minimum Gasteiger partial charge on any atom is -0.464 e. The van der Waals surface area contributed by atoms with Crippen LogP contribution in [0.4, 0.5) is 0 Å². The standard InChI is InChI=1S/C15H18ClNO/c1-4-17-15(14-6-5-11(3)18-14)12-7-10(2)8-13(16)9-12/h5-9,15,17H,4H2,1-3H3. The third kappa shape index (κ3) is 2.95. The second kappa shape index (κ2) is 5.59. The molecule has 0 bridgehead atoms. The van der Waals surface area contributed by atoms with Crippen LogP contribution >= 0.6 is 11.6 Å². The second-order valence-corrected chi connectivity index (χ2v) is 4.94. The van der Waals surface area contributed by atoms with Gasteiger partial charge in [-0.3, -0.25) is 0 Å². The minimum atomic E-state index is 0.0566. The van der Waals surface area contributed by atoms with Crippen LogP contribution in [0.15, 0.2) is 34.7 Å². The van der Waals surface area contributed by atoms with Gasteiger partial charge in [-0.15, -0.1) is 0 Å². The molecule has 18 heavy (non-hydrogen) atoms. The second-order valence-electron chi connectivity index (χ2n) is 4.50. The lowest BCUT2D eigenvalue weighted by Crippen LogP contribution is -2.21. The quantitative estimate of drug-likeness (QED) is 0.892. The number of rotatable bonds is 4. The fourth-order valence-electron chi connectivity index (χ4n) is 2.13. The topological polar surface area (TPSA) is 25.2 Å². The van der Waals surface area contributed by atoms with Gasteiger partial charge in [0.05, 0.1) is 6.04 Å². The summed E-state index contributed by atoms with van der Waals surface area (Å²) in [5, 5.41) is 4.19. The highest BCUT2D eigenvalue weighted by Gasteiger charge is 2.17. The largest absolute Gasteiger partial charge is 0.464 e. The number of halogens is 1. The van der Waals surface area contributed by atoms with Crippen LogP contribution in [0, 0.1) is 13.8 Å². The van der Waals surface area contributed by atoms with Crippen molar-refractivity contribution in [3.05, 3.63) is 58.0 Å². The molecule has 1 atom stereocenters. The average molecular weight is 264 g/mol. The van der Waals surface area contributed by atoms with E-state index in [0.29, 0.717) is 0 Å². The fraction of sp³-hybridized carbons (Fsp3) is 0.333. The maximum absolute atomic E-state index is 6.13. The molecule has 1 unspecified atom stereocenters. The zero-order chi connectivity index (χ0) is 13.1. The van der Waals surface area contributed by atoms with Gasteiger partial charge in [0.15, 0.2) is 0 Å². The maximum Gasteiger partial charge on any atom is 0.125 e. The molecule has 1 N–H and O–H groups in total. The molecule has 0 fully saturated rings. The molecular weight excluding hydrogens is 246 g/mol. The molecule has 0 saturated heterocycles. The van der Waals surface area contributed by atoms with Crippen LogP contribution in [0.2, 0.25) is 5.02 Å². The van der Waals surface area contributed by atoms with Crippen LogP contribution in [0.1, 0.15) is 35.6 Å². The monoisotopic (exact) mass is 263 g/mol. The maximum atomic E-state index is 6.13. The zero-order valence-corrected chi connectivity index (χ0v) is 11.7. The molecule has 0 spiro atoms. The molecule has 0 aliphatic heterocycles. The van der Waals surface area contributed by atoms with Crippen molar-refractivity contribution in [2.75, 3.05) is 6.54 Å². The molecule has 1 aromatic heterocycles. The molecule has 0 radical (unpaired) electrons. The highest BCUT2D eigenvalue weighted by Crippen LogP contribution is 2.27. The van der Waals surface area contributed by atoms with Crippen molar-refractivity contribution in [3.63, 3.8) is 0 Å². The van der Waals surface area contributed by atoms with Crippen molar-refractivity contribution < 1.29 is 4.42 Å². The first-order valence-electron chi connectivity index (χ1n) is 6.17. The third-order valence-electron chi connectivity index (χ3n) is 2.85.